The van der Waals surface area contributed by atoms with Crippen molar-refractivity contribution in [3.8, 4) is 17.2 Å². The van der Waals surface area contributed by atoms with Crippen LogP contribution in [0.2, 0.25) is 5.02 Å². The van der Waals surface area contributed by atoms with Crippen LogP contribution in [0.1, 0.15) is 33.2 Å². The van der Waals surface area contributed by atoms with Crippen LogP contribution in [0.5, 0.6) is 17.2 Å². The van der Waals surface area contributed by atoms with Crippen LogP contribution < -0.4 is 19.6 Å². The molecule has 0 saturated heterocycles. The van der Waals surface area contributed by atoms with Crippen LogP contribution in [0.15, 0.2) is 65.8 Å². The van der Waals surface area contributed by atoms with Gasteiger partial charge in [0.1, 0.15) is 5.75 Å². The van der Waals surface area contributed by atoms with Crippen LogP contribution in [-0.4, -0.2) is 31.8 Å². The van der Waals surface area contributed by atoms with Crippen molar-refractivity contribution in [3.05, 3.63) is 85.9 Å². The first-order valence-electron chi connectivity index (χ1n) is 9.82. The maximum atomic E-state index is 12.6. The lowest BCUT2D eigenvalue weighted by molar-refractivity contribution is 0.0726. The summed E-state index contributed by atoms with van der Waals surface area (Å²) in [7, 11) is 1.55. The average Bonchev–Trinajstić information content (AvgIpc) is 2.81. The predicted octanol–water partition coefficient (Wildman–Crippen LogP) is 5.34. The quantitative estimate of drug-likeness (QED) is 0.128. The van der Waals surface area contributed by atoms with Crippen LogP contribution in [0.4, 0.5) is 0 Å². The van der Waals surface area contributed by atoms with E-state index in [4.69, 9.17) is 25.8 Å². The molecule has 0 saturated carbocycles. The maximum Gasteiger partial charge on any atom is 0.343 e. The molecule has 0 aliphatic carbocycles. The number of nitrogens with one attached hydrogen (secondary N) is 1. The van der Waals surface area contributed by atoms with Crippen LogP contribution in [-0.2, 0) is 0 Å². The Morgan fingerprint density at radius 3 is 2.52 bits per heavy atom. The van der Waals surface area contributed by atoms with Crippen molar-refractivity contribution in [2.24, 2.45) is 5.10 Å². The zero-order chi connectivity index (χ0) is 23.8. The monoisotopic (exact) mass is 578 g/mol. The summed E-state index contributed by atoms with van der Waals surface area (Å²) in [5, 5.41) is 4.46. The van der Waals surface area contributed by atoms with Crippen molar-refractivity contribution in [2.45, 2.75) is 6.92 Å². The highest BCUT2D eigenvalue weighted by Crippen LogP contribution is 2.34. The second-order valence-corrected chi connectivity index (χ2v) is 8.19. The van der Waals surface area contributed by atoms with Crippen LogP contribution in [0.25, 0.3) is 0 Å². The number of hydrogen-bond acceptors (Lipinski definition) is 6. The molecule has 3 rings (SSSR count). The molecule has 170 valence electrons. The molecular weight excluding hydrogens is 559 g/mol. The van der Waals surface area contributed by atoms with Crippen LogP contribution in [0.3, 0.4) is 0 Å². The number of halogens is 2. The minimum atomic E-state index is -0.522. The van der Waals surface area contributed by atoms with Crippen molar-refractivity contribution in [1.29, 1.82) is 0 Å². The molecule has 0 atom stereocenters. The van der Waals surface area contributed by atoms with Gasteiger partial charge in [-0.15, -0.1) is 0 Å². The molecule has 0 aliphatic rings. The lowest BCUT2D eigenvalue weighted by Gasteiger charge is -2.13. The molecule has 0 bridgehead atoms. The van der Waals surface area contributed by atoms with Crippen molar-refractivity contribution in [1.82, 2.24) is 5.43 Å². The fraction of sp³-hybridized carbons (Fsp3) is 0.125. The Labute approximate surface area is 209 Å². The fourth-order valence-corrected chi connectivity index (χ4v) is 3.69. The summed E-state index contributed by atoms with van der Waals surface area (Å²) in [6, 6.07) is 16.6. The molecule has 1 amide bonds. The van der Waals surface area contributed by atoms with Crippen LogP contribution in [0, 0.1) is 3.57 Å². The number of ether oxygens (including phenoxy) is 3. The number of esters is 1. The number of amides is 1. The van der Waals surface area contributed by atoms with E-state index in [1.165, 1.54) is 6.21 Å². The molecule has 3 aromatic rings. The molecule has 0 radical (unpaired) electrons. The van der Waals surface area contributed by atoms with Gasteiger partial charge >= 0.3 is 5.97 Å². The third kappa shape index (κ3) is 6.69. The summed E-state index contributed by atoms with van der Waals surface area (Å²) < 4.78 is 17.0. The topological polar surface area (TPSA) is 86.2 Å². The van der Waals surface area contributed by atoms with E-state index in [0.29, 0.717) is 49.1 Å². The van der Waals surface area contributed by atoms with Gasteiger partial charge in [-0.25, -0.2) is 10.2 Å². The Hall–Kier alpha value is -3.11. The maximum absolute atomic E-state index is 12.6. The van der Waals surface area contributed by atoms with Crippen molar-refractivity contribution < 1.29 is 23.8 Å². The number of nitrogens with zero attached hydrogens (tertiary/aromatic N) is 1. The third-order valence-electron chi connectivity index (χ3n) is 4.32. The number of rotatable bonds is 8. The summed E-state index contributed by atoms with van der Waals surface area (Å²) in [4.78, 5) is 24.8. The van der Waals surface area contributed by atoms with Crippen LogP contribution >= 0.6 is 34.2 Å². The highest BCUT2D eigenvalue weighted by Gasteiger charge is 2.17. The highest BCUT2D eigenvalue weighted by atomic mass is 127. The second kappa shape index (κ2) is 11.7. The first-order chi connectivity index (χ1) is 15.9. The number of hydrogen-bond donors (Lipinski definition) is 1. The Morgan fingerprint density at radius 1 is 1.09 bits per heavy atom. The molecular formula is C24H20ClIN2O5. The Morgan fingerprint density at radius 2 is 1.85 bits per heavy atom. The van der Waals surface area contributed by atoms with Crippen molar-refractivity contribution in [3.63, 3.8) is 0 Å². The van der Waals surface area contributed by atoms with E-state index in [1.54, 1.807) is 67.8 Å². The summed E-state index contributed by atoms with van der Waals surface area (Å²) >= 11 is 7.96. The average molecular weight is 579 g/mol. The number of carbonyl (C=O) groups excluding carboxylic acids is 2. The standard InChI is InChI=1S/C24H20ClIN2O5/c1-3-32-21-12-15(14-27-28-23(29)17-5-4-6-18(25)13-17)11-20(26)22(21)33-24(30)16-7-9-19(31-2)10-8-16/h4-14H,3H2,1-2H3,(H,28,29)/b27-14-. The molecule has 0 aromatic heterocycles. The van der Waals surface area contributed by atoms with E-state index in [0.717, 1.165) is 0 Å². The van der Waals surface area contributed by atoms with E-state index < -0.39 is 11.9 Å². The van der Waals surface area contributed by atoms with Gasteiger partial charge < -0.3 is 14.2 Å². The van der Waals surface area contributed by atoms with Gasteiger partial charge in [0.15, 0.2) is 11.5 Å². The van der Waals surface area contributed by atoms with Gasteiger partial charge in [0.2, 0.25) is 0 Å². The number of benzene rings is 3. The zero-order valence-corrected chi connectivity index (χ0v) is 20.7. The SMILES string of the molecule is CCOc1cc(/C=N\NC(=O)c2cccc(Cl)c2)cc(I)c1OC(=O)c1ccc(OC)cc1. The summed E-state index contributed by atoms with van der Waals surface area (Å²) in [5.41, 5.74) is 3.88. The lowest BCUT2D eigenvalue weighted by Crippen LogP contribution is -2.17. The fourth-order valence-electron chi connectivity index (χ4n) is 2.76. The minimum absolute atomic E-state index is 0.304. The predicted molar refractivity (Wildman–Crippen MR) is 135 cm³/mol. The van der Waals surface area contributed by atoms with Gasteiger partial charge in [0, 0.05) is 10.6 Å². The van der Waals surface area contributed by atoms with Crippen molar-refractivity contribution in [2.75, 3.05) is 13.7 Å². The number of hydrazone groups is 1. The van der Waals surface area contributed by atoms with E-state index in [1.807, 2.05) is 6.92 Å². The third-order valence-corrected chi connectivity index (χ3v) is 5.36. The smallest absolute Gasteiger partial charge is 0.343 e. The molecule has 3 aromatic carbocycles. The number of carbonyl (C=O) groups is 2. The summed E-state index contributed by atoms with van der Waals surface area (Å²) in [6.07, 6.45) is 1.47. The Bertz CT molecular complexity index is 1180. The molecule has 0 fully saturated rings. The second-order valence-electron chi connectivity index (χ2n) is 6.59. The molecule has 0 spiro atoms. The van der Waals surface area contributed by atoms with Gasteiger partial charge in [0.05, 0.1) is 29.1 Å². The summed E-state index contributed by atoms with van der Waals surface area (Å²) in [6.45, 7) is 2.20. The van der Waals surface area contributed by atoms with Gasteiger partial charge in [-0.05, 0) is 89.7 Å². The van der Waals surface area contributed by atoms with E-state index >= 15 is 0 Å². The van der Waals surface area contributed by atoms with Crippen molar-refractivity contribution >= 4 is 52.3 Å². The largest absolute Gasteiger partial charge is 0.497 e. The molecule has 9 heteroatoms. The summed E-state index contributed by atoms with van der Waals surface area (Å²) in [5.74, 6) is 0.416. The minimum Gasteiger partial charge on any atom is -0.497 e. The van der Waals surface area contributed by atoms with E-state index in [9.17, 15) is 9.59 Å². The first-order valence-corrected chi connectivity index (χ1v) is 11.3. The van der Waals surface area contributed by atoms with E-state index in [2.05, 4.69) is 33.1 Å². The lowest BCUT2D eigenvalue weighted by atomic mass is 10.2. The first kappa shape index (κ1) is 24.5. The Kier molecular flexibility index (Phi) is 8.67. The van der Waals surface area contributed by atoms with Gasteiger partial charge in [-0.2, -0.15) is 5.10 Å². The molecule has 0 aliphatic heterocycles. The molecule has 0 unspecified atom stereocenters. The number of methoxy groups -OCH3 is 1. The normalized spacial score (nSPS) is 10.7. The molecule has 1 N–H and O–H groups in total. The Balaban J connectivity index is 1.76. The molecule has 0 heterocycles. The molecule has 33 heavy (non-hydrogen) atoms. The van der Waals surface area contributed by atoms with Gasteiger partial charge in [-0.3, -0.25) is 4.79 Å². The van der Waals surface area contributed by atoms with Gasteiger partial charge in [-0.1, -0.05) is 17.7 Å². The highest BCUT2D eigenvalue weighted by molar-refractivity contribution is 14.1. The van der Waals surface area contributed by atoms with Gasteiger partial charge in [0.25, 0.3) is 5.91 Å². The van der Waals surface area contributed by atoms with E-state index in [-0.39, 0.29) is 0 Å². The molecule has 7 nitrogen and oxygen atoms in total. The zero-order valence-electron chi connectivity index (χ0n) is 17.8.